The summed E-state index contributed by atoms with van der Waals surface area (Å²) in [5.74, 6) is 1.90. The van der Waals surface area contributed by atoms with Crippen molar-refractivity contribution in [3.63, 3.8) is 0 Å². The van der Waals surface area contributed by atoms with Crippen molar-refractivity contribution < 1.29 is 19.1 Å². The highest BCUT2D eigenvalue weighted by atomic mass is 16.5. The summed E-state index contributed by atoms with van der Waals surface area (Å²) in [6.45, 7) is 1.15. The number of hydrogen-bond acceptors (Lipinski definition) is 6. The Balaban J connectivity index is 1.41. The van der Waals surface area contributed by atoms with E-state index in [0.29, 0.717) is 36.1 Å². The van der Waals surface area contributed by atoms with Gasteiger partial charge in [-0.15, -0.1) is 0 Å². The van der Waals surface area contributed by atoms with Crippen LogP contribution in [0.25, 0.3) is 0 Å². The van der Waals surface area contributed by atoms with E-state index >= 15 is 0 Å². The normalized spacial score (nSPS) is 16.7. The first kappa shape index (κ1) is 21.9. The fourth-order valence-electron chi connectivity index (χ4n) is 4.14. The van der Waals surface area contributed by atoms with Crippen molar-refractivity contribution in [1.82, 2.24) is 19.2 Å². The molecule has 1 aromatic heterocycles. The number of amides is 2. The van der Waals surface area contributed by atoms with Crippen LogP contribution in [0.4, 0.5) is 5.69 Å². The second-order valence-corrected chi connectivity index (χ2v) is 8.35. The van der Waals surface area contributed by atoms with Crippen molar-refractivity contribution in [2.24, 2.45) is 13.0 Å². The Kier molecular flexibility index (Phi) is 6.20. The Morgan fingerprint density at radius 2 is 1.84 bits per heavy atom. The van der Waals surface area contributed by atoms with E-state index in [2.05, 4.69) is 10.4 Å². The van der Waals surface area contributed by atoms with Gasteiger partial charge in [0.25, 0.3) is 0 Å². The minimum absolute atomic E-state index is 0.0851. The summed E-state index contributed by atoms with van der Waals surface area (Å²) in [5, 5.41) is 7.21. The lowest BCUT2D eigenvalue weighted by Crippen LogP contribution is -2.39. The SMILES string of the molecule is COc1ccc(NC(=O)Cn2nc(C3CCN(C(=O)C4CC4)CC3)n(C)c2=O)c(OC)c1. The molecule has 0 spiro atoms. The van der Waals surface area contributed by atoms with Crippen molar-refractivity contribution in [1.29, 1.82) is 0 Å². The van der Waals surface area contributed by atoms with Crippen LogP contribution in [0.2, 0.25) is 0 Å². The van der Waals surface area contributed by atoms with Crippen molar-refractivity contribution >= 4 is 17.5 Å². The number of methoxy groups -OCH3 is 2. The van der Waals surface area contributed by atoms with Crippen LogP contribution >= 0.6 is 0 Å². The number of anilines is 1. The molecule has 2 aliphatic rings. The van der Waals surface area contributed by atoms with E-state index in [1.807, 2.05) is 4.90 Å². The lowest BCUT2D eigenvalue weighted by Gasteiger charge is -2.31. The topological polar surface area (TPSA) is 108 Å². The highest BCUT2D eigenvalue weighted by Gasteiger charge is 2.36. The molecule has 1 aliphatic carbocycles. The van der Waals surface area contributed by atoms with E-state index in [9.17, 15) is 14.4 Å². The number of hydrogen-bond donors (Lipinski definition) is 1. The number of carbonyl (C=O) groups excluding carboxylic acids is 2. The largest absolute Gasteiger partial charge is 0.497 e. The number of carbonyl (C=O) groups is 2. The van der Waals surface area contributed by atoms with Gasteiger partial charge < -0.3 is 19.7 Å². The number of likely N-dealkylation sites (tertiary alicyclic amines) is 1. The highest BCUT2D eigenvalue weighted by molar-refractivity contribution is 5.92. The quantitative estimate of drug-likeness (QED) is 0.692. The molecule has 10 nitrogen and oxygen atoms in total. The average Bonchev–Trinajstić information content (AvgIpc) is 3.62. The standard InChI is InChI=1S/C22H29N5O5/c1-25-20(14-8-10-26(11-9-14)21(29)15-4-5-15)24-27(22(25)30)13-19(28)23-17-7-6-16(31-2)12-18(17)32-3/h6-7,12,14-15H,4-5,8-11,13H2,1-3H3,(H,23,28). The summed E-state index contributed by atoms with van der Waals surface area (Å²) in [6.07, 6.45) is 3.53. The Morgan fingerprint density at radius 3 is 2.47 bits per heavy atom. The second-order valence-electron chi connectivity index (χ2n) is 8.35. The molecule has 0 radical (unpaired) electrons. The van der Waals surface area contributed by atoms with E-state index in [1.165, 1.54) is 16.4 Å². The maximum absolute atomic E-state index is 12.7. The van der Waals surface area contributed by atoms with Gasteiger partial charge in [0.15, 0.2) is 0 Å². The van der Waals surface area contributed by atoms with Crippen LogP contribution in [-0.4, -0.2) is 58.4 Å². The molecular weight excluding hydrogens is 414 g/mol. The molecule has 4 rings (SSSR count). The Bertz CT molecular complexity index is 1060. The summed E-state index contributed by atoms with van der Waals surface area (Å²) in [6, 6.07) is 5.06. The lowest BCUT2D eigenvalue weighted by molar-refractivity contribution is -0.133. The van der Waals surface area contributed by atoms with E-state index in [1.54, 1.807) is 32.4 Å². The highest BCUT2D eigenvalue weighted by Crippen LogP contribution is 2.34. The van der Waals surface area contributed by atoms with Crippen LogP contribution in [-0.2, 0) is 23.2 Å². The number of aromatic nitrogens is 3. The number of piperidine rings is 1. The molecule has 2 fully saturated rings. The molecule has 2 aromatic rings. The summed E-state index contributed by atoms with van der Waals surface area (Å²) in [4.78, 5) is 39.5. The maximum atomic E-state index is 12.7. The van der Waals surface area contributed by atoms with Gasteiger partial charge in [-0.3, -0.25) is 14.2 Å². The maximum Gasteiger partial charge on any atom is 0.346 e. The van der Waals surface area contributed by atoms with Crippen LogP contribution in [0, 0.1) is 5.92 Å². The molecule has 2 amide bonds. The van der Waals surface area contributed by atoms with Crippen LogP contribution in [0.3, 0.4) is 0 Å². The van der Waals surface area contributed by atoms with Crippen LogP contribution in [0.5, 0.6) is 11.5 Å². The lowest BCUT2D eigenvalue weighted by atomic mass is 9.95. The van der Waals surface area contributed by atoms with E-state index in [4.69, 9.17) is 9.47 Å². The molecular formula is C22H29N5O5. The van der Waals surface area contributed by atoms with E-state index in [-0.39, 0.29) is 35.9 Å². The summed E-state index contributed by atoms with van der Waals surface area (Å²) < 4.78 is 13.1. The fraction of sp³-hybridized carbons (Fsp3) is 0.545. The van der Waals surface area contributed by atoms with Gasteiger partial charge in [-0.1, -0.05) is 0 Å². The first-order valence-corrected chi connectivity index (χ1v) is 10.9. The minimum atomic E-state index is -0.384. The summed E-state index contributed by atoms with van der Waals surface area (Å²) in [7, 11) is 4.73. The number of benzene rings is 1. The molecule has 0 atom stereocenters. The Hall–Kier alpha value is -3.30. The van der Waals surface area contributed by atoms with Gasteiger partial charge in [0.05, 0.1) is 19.9 Å². The summed E-state index contributed by atoms with van der Waals surface area (Å²) >= 11 is 0. The van der Waals surface area contributed by atoms with Gasteiger partial charge in [0, 0.05) is 38.0 Å². The Labute approximate surface area is 186 Å². The zero-order valence-electron chi connectivity index (χ0n) is 18.7. The molecule has 32 heavy (non-hydrogen) atoms. The van der Waals surface area contributed by atoms with Gasteiger partial charge in [0.1, 0.15) is 23.9 Å². The summed E-state index contributed by atoms with van der Waals surface area (Å²) in [5.41, 5.74) is 0.142. The second kappa shape index (κ2) is 9.05. The van der Waals surface area contributed by atoms with Crippen molar-refractivity contribution in [3.05, 3.63) is 34.5 Å². The fourth-order valence-corrected chi connectivity index (χ4v) is 4.14. The molecule has 1 N–H and O–H groups in total. The first-order chi connectivity index (χ1) is 15.4. The van der Waals surface area contributed by atoms with Gasteiger partial charge >= 0.3 is 5.69 Å². The van der Waals surface area contributed by atoms with Crippen LogP contribution in [0.1, 0.15) is 37.4 Å². The van der Waals surface area contributed by atoms with Crippen molar-refractivity contribution in [3.8, 4) is 11.5 Å². The predicted octanol–water partition coefficient (Wildman–Crippen LogP) is 1.35. The monoisotopic (exact) mass is 443 g/mol. The van der Waals surface area contributed by atoms with Crippen LogP contribution in [0.15, 0.2) is 23.0 Å². The third kappa shape index (κ3) is 4.49. The molecule has 0 bridgehead atoms. The Morgan fingerprint density at radius 1 is 1.12 bits per heavy atom. The molecule has 1 saturated heterocycles. The molecule has 172 valence electrons. The van der Waals surface area contributed by atoms with Gasteiger partial charge in [-0.05, 0) is 37.8 Å². The van der Waals surface area contributed by atoms with E-state index in [0.717, 1.165) is 25.7 Å². The van der Waals surface area contributed by atoms with Gasteiger partial charge in [0.2, 0.25) is 11.8 Å². The molecule has 2 heterocycles. The predicted molar refractivity (Wildman–Crippen MR) is 117 cm³/mol. The molecule has 1 aromatic carbocycles. The van der Waals surface area contributed by atoms with Gasteiger partial charge in [-0.2, -0.15) is 5.10 Å². The van der Waals surface area contributed by atoms with Crippen molar-refractivity contribution in [2.45, 2.75) is 38.1 Å². The number of rotatable bonds is 7. The zero-order chi connectivity index (χ0) is 22.8. The van der Waals surface area contributed by atoms with Gasteiger partial charge in [-0.25, -0.2) is 9.48 Å². The molecule has 1 saturated carbocycles. The molecule has 10 heteroatoms. The molecule has 0 unspecified atom stereocenters. The third-order valence-electron chi connectivity index (χ3n) is 6.15. The zero-order valence-corrected chi connectivity index (χ0v) is 18.7. The number of ether oxygens (including phenoxy) is 2. The molecule has 1 aliphatic heterocycles. The number of nitrogens with one attached hydrogen (secondary N) is 1. The first-order valence-electron chi connectivity index (χ1n) is 10.9. The number of nitrogens with zero attached hydrogens (tertiary/aromatic N) is 4. The minimum Gasteiger partial charge on any atom is -0.497 e. The van der Waals surface area contributed by atoms with E-state index < -0.39 is 0 Å². The van der Waals surface area contributed by atoms with Crippen LogP contribution < -0.4 is 20.5 Å². The average molecular weight is 444 g/mol. The van der Waals surface area contributed by atoms with Crippen molar-refractivity contribution in [2.75, 3.05) is 32.6 Å². The third-order valence-corrected chi connectivity index (χ3v) is 6.15. The smallest absolute Gasteiger partial charge is 0.346 e.